The molecule has 7 heteroatoms. The van der Waals surface area contributed by atoms with E-state index in [1.807, 2.05) is 55.8 Å². The number of nitrogens with one attached hydrogen (secondary N) is 1. The van der Waals surface area contributed by atoms with Gasteiger partial charge in [0.25, 0.3) is 0 Å². The van der Waals surface area contributed by atoms with Gasteiger partial charge < -0.3 is 10.1 Å². The van der Waals surface area contributed by atoms with Gasteiger partial charge in [0.2, 0.25) is 11.8 Å². The number of aromatic nitrogens is 3. The molecule has 1 amide bonds. The van der Waals surface area contributed by atoms with Crippen molar-refractivity contribution in [1.29, 1.82) is 0 Å². The Hall–Kier alpha value is -3.74. The predicted molar refractivity (Wildman–Crippen MR) is 123 cm³/mol. The molecule has 2 aromatic carbocycles. The highest BCUT2D eigenvalue weighted by molar-refractivity contribution is 5.91. The van der Waals surface area contributed by atoms with E-state index in [0.29, 0.717) is 24.6 Å². The van der Waals surface area contributed by atoms with Crippen LogP contribution in [0.2, 0.25) is 0 Å². The summed E-state index contributed by atoms with van der Waals surface area (Å²) in [6, 6.07) is 15.9. The number of hydrogen-bond acceptors (Lipinski definition) is 4. The molecular weight excluding hydrogens is 407 g/mol. The van der Waals surface area contributed by atoms with Crippen LogP contribution in [0.25, 0.3) is 16.7 Å². The van der Waals surface area contributed by atoms with Crippen molar-refractivity contribution in [1.82, 2.24) is 14.8 Å². The van der Waals surface area contributed by atoms with Crippen LogP contribution in [0.3, 0.4) is 0 Å². The normalized spacial score (nSPS) is 11.0. The van der Waals surface area contributed by atoms with E-state index in [0.717, 1.165) is 27.9 Å². The van der Waals surface area contributed by atoms with Crippen LogP contribution in [0, 0.1) is 19.7 Å². The summed E-state index contributed by atoms with van der Waals surface area (Å²) in [5, 5.41) is 8.28. The minimum absolute atomic E-state index is 0.174. The molecule has 0 aliphatic rings. The van der Waals surface area contributed by atoms with Crippen LogP contribution in [0.4, 0.5) is 10.1 Å². The van der Waals surface area contributed by atoms with Crippen molar-refractivity contribution in [3.8, 4) is 11.6 Å². The van der Waals surface area contributed by atoms with Crippen molar-refractivity contribution < 1.29 is 13.9 Å². The maximum Gasteiger partial charge on any atom is 0.224 e. The van der Waals surface area contributed by atoms with Gasteiger partial charge in [-0.25, -0.2) is 9.07 Å². The van der Waals surface area contributed by atoms with Gasteiger partial charge in [-0.15, -0.1) is 0 Å². The number of carbonyl (C=O) groups is 1. The molecule has 0 atom stereocenters. The summed E-state index contributed by atoms with van der Waals surface area (Å²) in [4.78, 5) is 17.3. The lowest BCUT2D eigenvalue weighted by Crippen LogP contribution is -2.14. The smallest absolute Gasteiger partial charge is 0.224 e. The zero-order valence-electron chi connectivity index (χ0n) is 18.4. The van der Waals surface area contributed by atoms with Gasteiger partial charge in [-0.1, -0.05) is 30.3 Å². The summed E-state index contributed by atoms with van der Waals surface area (Å²) in [6.07, 6.45) is 0.592. The summed E-state index contributed by atoms with van der Waals surface area (Å²) < 4.78 is 21.5. The van der Waals surface area contributed by atoms with Gasteiger partial charge in [0.15, 0.2) is 5.65 Å². The maximum atomic E-state index is 13.8. The number of hydrogen-bond donors (Lipinski definition) is 1. The fourth-order valence-corrected chi connectivity index (χ4v) is 3.85. The molecule has 32 heavy (non-hydrogen) atoms. The van der Waals surface area contributed by atoms with E-state index in [9.17, 15) is 9.18 Å². The second-order valence-electron chi connectivity index (χ2n) is 7.51. The maximum absolute atomic E-state index is 13.8. The van der Waals surface area contributed by atoms with Crippen LogP contribution in [-0.4, -0.2) is 27.3 Å². The molecular formula is C25H25FN4O2. The van der Waals surface area contributed by atoms with Crippen molar-refractivity contribution in [2.45, 2.75) is 33.6 Å². The van der Waals surface area contributed by atoms with Gasteiger partial charge >= 0.3 is 0 Å². The lowest BCUT2D eigenvalue weighted by atomic mass is 10.0. The highest BCUT2D eigenvalue weighted by atomic mass is 19.1. The third kappa shape index (κ3) is 4.19. The average molecular weight is 432 g/mol. The number of carbonyl (C=O) groups excluding carboxylic acids is 1. The molecule has 0 saturated carbocycles. The van der Waals surface area contributed by atoms with E-state index < -0.39 is 5.82 Å². The molecule has 164 valence electrons. The zero-order chi connectivity index (χ0) is 22.7. The highest BCUT2D eigenvalue weighted by Gasteiger charge is 2.20. The van der Waals surface area contributed by atoms with Crippen LogP contribution in [0.15, 0.2) is 54.6 Å². The minimum Gasteiger partial charge on any atom is -0.478 e. The van der Waals surface area contributed by atoms with E-state index in [2.05, 4.69) is 5.32 Å². The molecule has 0 spiro atoms. The predicted octanol–water partition coefficient (Wildman–Crippen LogP) is 5.15. The van der Waals surface area contributed by atoms with Gasteiger partial charge in [0.1, 0.15) is 5.82 Å². The number of aryl methyl sites for hydroxylation is 2. The molecule has 4 aromatic rings. The van der Waals surface area contributed by atoms with Crippen LogP contribution < -0.4 is 10.1 Å². The van der Waals surface area contributed by atoms with Crippen LogP contribution in [0.5, 0.6) is 5.88 Å². The summed E-state index contributed by atoms with van der Waals surface area (Å²) in [5.74, 6) is -0.235. The third-order valence-electron chi connectivity index (χ3n) is 5.36. The van der Waals surface area contributed by atoms with Crippen molar-refractivity contribution in [2.75, 3.05) is 11.9 Å². The van der Waals surface area contributed by atoms with E-state index in [1.165, 1.54) is 6.07 Å². The molecule has 0 aliphatic heterocycles. The molecule has 0 unspecified atom stereocenters. The number of pyridine rings is 1. The third-order valence-corrected chi connectivity index (χ3v) is 5.36. The van der Waals surface area contributed by atoms with Crippen molar-refractivity contribution >= 4 is 22.6 Å². The quantitative estimate of drug-likeness (QED) is 0.439. The lowest BCUT2D eigenvalue weighted by molar-refractivity contribution is -0.116. The number of anilines is 1. The molecule has 0 fully saturated rings. The van der Waals surface area contributed by atoms with Gasteiger partial charge in [-0.05, 0) is 57.0 Å². The molecule has 0 aliphatic carbocycles. The molecule has 0 bridgehead atoms. The Labute approximate surface area is 186 Å². The number of benzene rings is 2. The Morgan fingerprint density at radius 3 is 2.53 bits per heavy atom. The molecule has 1 N–H and O–H groups in total. The van der Waals surface area contributed by atoms with Crippen molar-refractivity contribution in [3.63, 3.8) is 0 Å². The van der Waals surface area contributed by atoms with Gasteiger partial charge in [-0.2, -0.15) is 10.1 Å². The molecule has 2 aromatic heterocycles. The number of nitrogens with zero attached hydrogens (tertiary/aromatic N) is 3. The van der Waals surface area contributed by atoms with Crippen LogP contribution >= 0.6 is 0 Å². The Morgan fingerprint density at radius 1 is 1.09 bits per heavy atom. The SMILES string of the molecule is CCOc1nc2c(c(C)nn2-c2ccccc2)c(C)c1CCC(=O)Nc1ccccc1F. The van der Waals surface area contributed by atoms with Crippen LogP contribution in [0.1, 0.15) is 30.2 Å². The summed E-state index contributed by atoms with van der Waals surface area (Å²) in [5.41, 5.74) is 4.50. The Bertz CT molecular complexity index is 1270. The monoisotopic (exact) mass is 432 g/mol. The topological polar surface area (TPSA) is 69.0 Å². The van der Waals surface area contributed by atoms with E-state index in [4.69, 9.17) is 14.8 Å². The Balaban J connectivity index is 1.67. The van der Waals surface area contributed by atoms with Crippen LogP contribution in [-0.2, 0) is 11.2 Å². The van der Waals surface area contributed by atoms with Crippen molar-refractivity contribution in [3.05, 3.63) is 77.2 Å². The standard InChI is InChI=1S/C25H25FN4O2/c1-4-32-25-19(14-15-22(31)27-21-13-9-8-12-20(21)26)16(2)23-17(3)29-30(24(23)28-25)18-10-6-5-7-11-18/h5-13H,4,14-15H2,1-3H3,(H,27,31). The second kappa shape index (κ2) is 9.18. The molecule has 0 radical (unpaired) electrons. The largest absolute Gasteiger partial charge is 0.478 e. The summed E-state index contributed by atoms with van der Waals surface area (Å²) in [6.45, 7) is 6.30. The molecule has 4 rings (SSSR count). The van der Waals surface area contributed by atoms with Gasteiger partial charge in [0.05, 0.1) is 23.7 Å². The first-order chi connectivity index (χ1) is 15.5. The number of ether oxygens (including phenoxy) is 1. The van der Waals surface area contributed by atoms with E-state index >= 15 is 0 Å². The fraction of sp³-hybridized carbons (Fsp3) is 0.240. The number of amides is 1. The second-order valence-corrected chi connectivity index (χ2v) is 7.51. The first-order valence-electron chi connectivity index (χ1n) is 10.6. The Morgan fingerprint density at radius 2 is 1.81 bits per heavy atom. The molecule has 2 heterocycles. The summed E-state index contributed by atoms with van der Waals surface area (Å²) in [7, 11) is 0. The van der Waals surface area contributed by atoms with Gasteiger partial charge in [-0.3, -0.25) is 4.79 Å². The highest BCUT2D eigenvalue weighted by Crippen LogP contribution is 2.32. The molecule has 6 nitrogen and oxygen atoms in total. The van der Waals surface area contributed by atoms with E-state index in [1.54, 1.807) is 18.2 Å². The zero-order valence-corrected chi connectivity index (χ0v) is 18.4. The first kappa shape index (κ1) is 21.5. The number of halogens is 1. The van der Waals surface area contributed by atoms with Gasteiger partial charge in [0, 0.05) is 17.4 Å². The minimum atomic E-state index is -0.459. The molecule has 0 saturated heterocycles. The van der Waals surface area contributed by atoms with E-state index in [-0.39, 0.29) is 18.0 Å². The number of fused-ring (bicyclic) bond motifs is 1. The fourth-order valence-electron chi connectivity index (χ4n) is 3.85. The first-order valence-corrected chi connectivity index (χ1v) is 10.6. The van der Waals surface area contributed by atoms with Crippen molar-refractivity contribution in [2.24, 2.45) is 0 Å². The lowest BCUT2D eigenvalue weighted by Gasteiger charge is -2.14. The summed E-state index contributed by atoms with van der Waals surface area (Å²) >= 11 is 0. The number of para-hydroxylation sites is 2. The average Bonchev–Trinajstić information content (AvgIpc) is 3.12. The Kier molecular flexibility index (Phi) is 6.16. The number of rotatable bonds is 7.